The summed E-state index contributed by atoms with van der Waals surface area (Å²) >= 11 is 1.47. The van der Waals surface area contributed by atoms with Crippen LogP contribution in [0.4, 0.5) is 0 Å². The van der Waals surface area contributed by atoms with Crippen molar-refractivity contribution in [2.75, 3.05) is 6.61 Å². The van der Waals surface area contributed by atoms with Crippen molar-refractivity contribution in [3.8, 4) is 0 Å². The number of aliphatic hydroxyl groups is 1. The van der Waals surface area contributed by atoms with Gasteiger partial charge in [0.1, 0.15) is 4.88 Å². The number of aliphatic hydroxyl groups excluding tert-OH is 1. The number of rotatable bonds is 4. The first-order valence-corrected chi connectivity index (χ1v) is 8.31. The van der Waals surface area contributed by atoms with Gasteiger partial charge in [-0.05, 0) is 12.8 Å². The van der Waals surface area contributed by atoms with E-state index in [1.165, 1.54) is 17.8 Å². The lowest BCUT2D eigenvalue weighted by atomic mass is 9.95. The molecule has 1 aromatic rings. The van der Waals surface area contributed by atoms with E-state index in [-0.39, 0.29) is 24.5 Å². The number of carbonyl (C=O) groups excluding carboxylic acids is 1. The summed E-state index contributed by atoms with van der Waals surface area (Å²) < 4.78 is 0. The van der Waals surface area contributed by atoms with Crippen molar-refractivity contribution >= 4 is 17.2 Å². The Kier molecular flexibility index (Phi) is 5.54. The molecule has 5 heteroatoms. The molecule has 0 radical (unpaired) electrons. The number of carbonyl (C=O) groups is 1. The van der Waals surface area contributed by atoms with Crippen molar-refractivity contribution < 1.29 is 9.90 Å². The Bertz CT molecular complexity index is 445. The van der Waals surface area contributed by atoms with Gasteiger partial charge in [0, 0.05) is 24.5 Å². The summed E-state index contributed by atoms with van der Waals surface area (Å²) in [5.74, 6) is 0.503. The van der Waals surface area contributed by atoms with E-state index in [4.69, 9.17) is 0 Å². The zero-order valence-corrected chi connectivity index (χ0v) is 13.1. The number of thiazole rings is 1. The first kappa shape index (κ1) is 15.4. The van der Waals surface area contributed by atoms with Crippen molar-refractivity contribution in [1.29, 1.82) is 0 Å². The highest BCUT2D eigenvalue weighted by molar-refractivity contribution is 7.13. The molecule has 1 fully saturated rings. The highest BCUT2D eigenvalue weighted by atomic mass is 32.1. The van der Waals surface area contributed by atoms with Gasteiger partial charge in [0.05, 0.1) is 11.2 Å². The zero-order valence-electron chi connectivity index (χ0n) is 12.3. The standard InChI is InChI=1S/C15H24N2O2S/c1-10(2)15-16-8-13(20-15)14(19)17-12-7-5-3-4-6-11(12)9-18/h8,10-12,18H,3-7,9H2,1-2H3,(H,17,19). The third-order valence-corrected chi connectivity index (χ3v) is 5.25. The lowest BCUT2D eigenvalue weighted by molar-refractivity contribution is 0.0903. The number of aromatic nitrogens is 1. The maximum absolute atomic E-state index is 12.3. The Labute approximate surface area is 124 Å². The van der Waals surface area contributed by atoms with Gasteiger partial charge in [0.15, 0.2) is 0 Å². The summed E-state index contributed by atoms with van der Waals surface area (Å²) in [7, 11) is 0. The van der Waals surface area contributed by atoms with E-state index in [9.17, 15) is 9.90 Å². The van der Waals surface area contributed by atoms with Crippen molar-refractivity contribution in [2.45, 2.75) is 57.9 Å². The minimum atomic E-state index is -0.0419. The molecule has 0 spiro atoms. The predicted molar refractivity (Wildman–Crippen MR) is 81.1 cm³/mol. The molecule has 2 rings (SSSR count). The van der Waals surface area contributed by atoms with Gasteiger partial charge in [-0.2, -0.15) is 0 Å². The van der Waals surface area contributed by atoms with Gasteiger partial charge in [-0.25, -0.2) is 4.98 Å². The predicted octanol–water partition coefficient (Wildman–Crippen LogP) is 2.94. The van der Waals surface area contributed by atoms with E-state index >= 15 is 0 Å². The highest BCUT2D eigenvalue weighted by Crippen LogP contribution is 2.25. The van der Waals surface area contributed by atoms with Crippen LogP contribution in [0, 0.1) is 5.92 Å². The Morgan fingerprint density at radius 1 is 1.45 bits per heavy atom. The summed E-state index contributed by atoms with van der Waals surface area (Å²) in [5.41, 5.74) is 0. The molecule has 0 aliphatic heterocycles. The maximum atomic E-state index is 12.3. The first-order valence-electron chi connectivity index (χ1n) is 7.49. The second kappa shape index (κ2) is 7.18. The fraction of sp³-hybridized carbons (Fsp3) is 0.733. The Hall–Kier alpha value is -0.940. The normalized spacial score (nSPS) is 23.6. The van der Waals surface area contributed by atoms with Crippen LogP contribution >= 0.6 is 11.3 Å². The average Bonchev–Trinajstić information content (AvgIpc) is 2.82. The van der Waals surface area contributed by atoms with Crippen LogP contribution in [0.25, 0.3) is 0 Å². The largest absolute Gasteiger partial charge is 0.396 e. The molecule has 1 heterocycles. The molecule has 1 aliphatic carbocycles. The van der Waals surface area contributed by atoms with Gasteiger partial charge in [-0.1, -0.05) is 33.1 Å². The molecule has 1 aliphatic rings. The van der Waals surface area contributed by atoms with Crippen LogP contribution in [0.5, 0.6) is 0 Å². The SMILES string of the molecule is CC(C)c1ncc(C(=O)NC2CCCCCC2CO)s1. The molecular formula is C15H24N2O2S. The molecule has 0 saturated heterocycles. The zero-order chi connectivity index (χ0) is 14.5. The minimum Gasteiger partial charge on any atom is -0.396 e. The third-order valence-electron chi connectivity index (χ3n) is 3.95. The molecule has 0 bridgehead atoms. The van der Waals surface area contributed by atoms with Gasteiger partial charge in [0.25, 0.3) is 5.91 Å². The first-order chi connectivity index (χ1) is 9.61. The van der Waals surface area contributed by atoms with Crippen molar-refractivity contribution in [2.24, 2.45) is 5.92 Å². The third kappa shape index (κ3) is 3.79. The van der Waals surface area contributed by atoms with Crippen molar-refractivity contribution in [1.82, 2.24) is 10.3 Å². The smallest absolute Gasteiger partial charge is 0.263 e. The topological polar surface area (TPSA) is 62.2 Å². The van der Waals surface area contributed by atoms with Crippen LogP contribution in [0.1, 0.15) is 66.5 Å². The number of nitrogens with one attached hydrogen (secondary N) is 1. The number of amides is 1. The van der Waals surface area contributed by atoms with Gasteiger partial charge < -0.3 is 10.4 Å². The quantitative estimate of drug-likeness (QED) is 0.840. The second-order valence-electron chi connectivity index (χ2n) is 5.88. The van der Waals surface area contributed by atoms with Gasteiger partial charge >= 0.3 is 0 Å². The monoisotopic (exact) mass is 296 g/mol. The van der Waals surface area contributed by atoms with E-state index in [2.05, 4.69) is 24.1 Å². The van der Waals surface area contributed by atoms with E-state index in [0.717, 1.165) is 30.7 Å². The fourth-order valence-corrected chi connectivity index (χ4v) is 3.52. The lowest BCUT2D eigenvalue weighted by Gasteiger charge is -2.24. The Morgan fingerprint density at radius 2 is 2.20 bits per heavy atom. The summed E-state index contributed by atoms with van der Waals surface area (Å²) in [5, 5.41) is 13.6. The molecular weight excluding hydrogens is 272 g/mol. The second-order valence-corrected chi connectivity index (χ2v) is 6.94. The van der Waals surface area contributed by atoms with Gasteiger partial charge in [0.2, 0.25) is 0 Å². The number of hydrogen-bond donors (Lipinski definition) is 2. The molecule has 20 heavy (non-hydrogen) atoms. The van der Waals surface area contributed by atoms with Crippen LogP contribution in [0.2, 0.25) is 0 Å². The molecule has 112 valence electrons. The Morgan fingerprint density at radius 3 is 2.85 bits per heavy atom. The fourth-order valence-electron chi connectivity index (χ4n) is 2.69. The number of nitrogens with zero attached hydrogens (tertiary/aromatic N) is 1. The molecule has 2 unspecified atom stereocenters. The molecule has 1 amide bonds. The van der Waals surface area contributed by atoms with E-state index < -0.39 is 0 Å². The highest BCUT2D eigenvalue weighted by Gasteiger charge is 2.25. The minimum absolute atomic E-state index is 0.0419. The lowest BCUT2D eigenvalue weighted by Crippen LogP contribution is -2.40. The molecule has 2 N–H and O–H groups in total. The van der Waals surface area contributed by atoms with Crippen molar-refractivity contribution in [3.63, 3.8) is 0 Å². The van der Waals surface area contributed by atoms with Crippen LogP contribution in [-0.4, -0.2) is 28.6 Å². The van der Waals surface area contributed by atoms with Crippen LogP contribution < -0.4 is 5.32 Å². The molecule has 2 atom stereocenters. The Balaban J connectivity index is 2.01. The van der Waals surface area contributed by atoms with Crippen LogP contribution in [0.15, 0.2) is 6.20 Å². The molecule has 0 aromatic carbocycles. The summed E-state index contributed by atoms with van der Waals surface area (Å²) in [6.07, 6.45) is 7.10. The van der Waals surface area contributed by atoms with E-state index in [1.807, 2.05) is 0 Å². The van der Waals surface area contributed by atoms with Crippen molar-refractivity contribution in [3.05, 3.63) is 16.1 Å². The van der Waals surface area contributed by atoms with Gasteiger partial charge in [-0.15, -0.1) is 11.3 Å². The van der Waals surface area contributed by atoms with Gasteiger partial charge in [-0.3, -0.25) is 4.79 Å². The van der Waals surface area contributed by atoms with Crippen LogP contribution in [-0.2, 0) is 0 Å². The average molecular weight is 296 g/mol. The summed E-state index contributed by atoms with van der Waals surface area (Å²) in [6, 6.07) is 0.0969. The molecule has 1 saturated carbocycles. The summed E-state index contributed by atoms with van der Waals surface area (Å²) in [6.45, 7) is 4.31. The van der Waals surface area contributed by atoms with E-state index in [1.54, 1.807) is 6.20 Å². The summed E-state index contributed by atoms with van der Waals surface area (Å²) in [4.78, 5) is 17.3. The molecule has 4 nitrogen and oxygen atoms in total. The number of hydrogen-bond acceptors (Lipinski definition) is 4. The maximum Gasteiger partial charge on any atom is 0.263 e. The molecule has 1 aromatic heterocycles. The van der Waals surface area contributed by atoms with Crippen LogP contribution in [0.3, 0.4) is 0 Å². The van der Waals surface area contributed by atoms with E-state index in [0.29, 0.717) is 10.8 Å².